The van der Waals surface area contributed by atoms with Crippen molar-refractivity contribution in [3.63, 3.8) is 0 Å². The molecule has 1 aliphatic heterocycles. The van der Waals surface area contributed by atoms with Crippen LogP contribution in [-0.2, 0) is 9.84 Å². The zero-order chi connectivity index (χ0) is 18.9. The van der Waals surface area contributed by atoms with Crippen LogP contribution >= 0.6 is 10.6 Å². The van der Waals surface area contributed by atoms with Crippen molar-refractivity contribution in [1.29, 1.82) is 0 Å². The lowest BCUT2D eigenvalue weighted by Crippen LogP contribution is -2.19. The van der Waals surface area contributed by atoms with Crippen LogP contribution in [0.25, 0.3) is 0 Å². The largest absolute Gasteiger partial charge is 0.492 e. The lowest BCUT2D eigenvalue weighted by molar-refractivity contribution is 0.261. The number of fused-ring (bicyclic) bond motifs is 1. The van der Waals surface area contributed by atoms with E-state index in [2.05, 4.69) is 0 Å². The minimum absolute atomic E-state index is 0.180. The second-order valence-electron chi connectivity index (χ2n) is 6.53. The predicted molar refractivity (Wildman–Crippen MR) is 103 cm³/mol. The number of hydrogen-bond donors (Lipinski definition) is 2. The van der Waals surface area contributed by atoms with Crippen LogP contribution in [0.4, 0.5) is 0 Å². The molecule has 3 rings (SSSR count). The second-order valence-corrected chi connectivity index (χ2v) is 10.8. The van der Waals surface area contributed by atoms with Gasteiger partial charge in [-0.2, -0.15) is 10.6 Å². The monoisotopic (exact) mass is 397 g/mol. The molecule has 1 atom stereocenters. The zero-order valence-electron chi connectivity index (χ0n) is 14.7. The maximum atomic E-state index is 13.0. The molecule has 1 heterocycles. The molecule has 0 amide bonds. The number of benzene rings is 2. The van der Waals surface area contributed by atoms with E-state index in [9.17, 15) is 17.5 Å². The lowest BCUT2D eigenvalue weighted by Gasteiger charge is -2.27. The molecule has 6 nitrogen and oxygen atoms in total. The van der Waals surface area contributed by atoms with Crippen LogP contribution in [0, 0.1) is 0 Å². The summed E-state index contributed by atoms with van der Waals surface area (Å²) >= 11 is 0. The van der Waals surface area contributed by atoms with Crippen LogP contribution in [0.1, 0.15) is 10.8 Å². The third-order valence-corrected chi connectivity index (χ3v) is 8.49. The van der Waals surface area contributed by atoms with E-state index in [0.717, 1.165) is 6.54 Å². The highest BCUT2D eigenvalue weighted by Gasteiger charge is 2.43. The van der Waals surface area contributed by atoms with Crippen molar-refractivity contribution in [3.8, 4) is 5.75 Å². The van der Waals surface area contributed by atoms with Gasteiger partial charge in [-0.3, -0.25) is 9.11 Å². The van der Waals surface area contributed by atoms with E-state index in [1.54, 1.807) is 36.4 Å². The first-order valence-corrected chi connectivity index (χ1v) is 11.4. The molecule has 8 heteroatoms. The highest BCUT2D eigenvalue weighted by Crippen LogP contribution is 2.61. The van der Waals surface area contributed by atoms with Gasteiger partial charge in [-0.05, 0) is 37.9 Å². The van der Waals surface area contributed by atoms with Gasteiger partial charge in [-0.25, -0.2) is 8.42 Å². The van der Waals surface area contributed by atoms with Gasteiger partial charge in [0.25, 0.3) is 0 Å². The van der Waals surface area contributed by atoms with Gasteiger partial charge in [0.05, 0.1) is 15.5 Å². The van der Waals surface area contributed by atoms with E-state index in [0.29, 0.717) is 17.9 Å². The van der Waals surface area contributed by atoms with Crippen LogP contribution in [0.2, 0.25) is 0 Å². The number of likely N-dealkylation sites (N-methyl/N-ethyl adjacent to an activating group) is 1. The molecule has 142 valence electrons. The molecule has 0 fully saturated rings. The standard InChI is InChI=1S/C18H23NO5S2/c1-19(2)10-11-24-14-8-9-16-17(12-14)25(20,21)13-18(16)26(22,23)15-6-4-3-5-7-15/h3-9,12,18,20-21H,10-11,13H2,1-2H3. The molecule has 0 saturated heterocycles. The first-order chi connectivity index (χ1) is 12.2. The molecule has 26 heavy (non-hydrogen) atoms. The highest BCUT2D eigenvalue weighted by molar-refractivity contribution is 8.25. The summed E-state index contributed by atoms with van der Waals surface area (Å²) in [5, 5.41) is -0.972. The molecule has 1 unspecified atom stereocenters. The van der Waals surface area contributed by atoms with Gasteiger partial charge in [0, 0.05) is 12.6 Å². The molecule has 1 aliphatic rings. The van der Waals surface area contributed by atoms with Crippen molar-refractivity contribution >= 4 is 20.4 Å². The first kappa shape index (κ1) is 19.2. The smallest absolute Gasteiger partial charge is 0.187 e. The Labute approximate surface area is 155 Å². The Morgan fingerprint density at radius 1 is 1.15 bits per heavy atom. The number of nitrogens with zero attached hydrogens (tertiary/aromatic N) is 1. The Morgan fingerprint density at radius 3 is 2.50 bits per heavy atom. The van der Waals surface area contributed by atoms with E-state index < -0.39 is 25.7 Å². The van der Waals surface area contributed by atoms with Gasteiger partial charge in [0.2, 0.25) is 0 Å². The van der Waals surface area contributed by atoms with Crippen molar-refractivity contribution < 1.29 is 22.3 Å². The molecule has 0 aromatic heterocycles. The number of ether oxygens (including phenoxy) is 1. The normalized spacial score (nSPS) is 20.0. The lowest BCUT2D eigenvalue weighted by atomic mass is 10.1. The average Bonchev–Trinajstić information content (AvgIpc) is 2.87. The summed E-state index contributed by atoms with van der Waals surface area (Å²) in [6.07, 6.45) is 0. The molecule has 0 spiro atoms. The van der Waals surface area contributed by atoms with E-state index in [1.807, 2.05) is 19.0 Å². The van der Waals surface area contributed by atoms with Gasteiger partial charge in [0.15, 0.2) is 9.84 Å². The third-order valence-electron chi connectivity index (χ3n) is 4.32. The Balaban J connectivity index is 1.93. The molecule has 0 radical (unpaired) electrons. The summed E-state index contributed by atoms with van der Waals surface area (Å²) in [6, 6.07) is 13.0. The SMILES string of the molecule is CN(C)CCOc1ccc2c(c1)S(O)(O)CC2S(=O)(=O)c1ccccc1. The fourth-order valence-electron chi connectivity index (χ4n) is 2.92. The number of sulfone groups is 1. The summed E-state index contributed by atoms with van der Waals surface area (Å²) in [6.45, 7) is 1.18. The highest BCUT2D eigenvalue weighted by atomic mass is 32.3. The molecule has 2 aromatic rings. The molecule has 2 N–H and O–H groups in total. The van der Waals surface area contributed by atoms with Gasteiger partial charge in [0.1, 0.15) is 17.6 Å². The molecule has 0 aliphatic carbocycles. The number of rotatable bonds is 6. The van der Waals surface area contributed by atoms with Crippen molar-refractivity contribution in [2.75, 3.05) is 33.0 Å². The predicted octanol–water partition coefficient (Wildman–Crippen LogP) is 3.27. The van der Waals surface area contributed by atoms with Crippen LogP contribution in [0.3, 0.4) is 0 Å². The fourth-order valence-corrected chi connectivity index (χ4v) is 7.36. The van der Waals surface area contributed by atoms with Gasteiger partial charge in [-0.15, -0.1) is 0 Å². The fraction of sp³-hybridized carbons (Fsp3) is 0.333. The quantitative estimate of drug-likeness (QED) is 0.778. The molecular formula is C18H23NO5S2. The summed E-state index contributed by atoms with van der Waals surface area (Å²) < 4.78 is 52.5. The molecule has 0 bridgehead atoms. The molecular weight excluding hydrogens is 374 g/mol. The topological polar surface area (TPSA) is 87.1 Å². The van der Waals surface area contributed by atoms with E-state index in [4.69, 9.17) is 4.74 Å². The summed E-state index contributed by atoms with van der Waals surface area (Å²) in [7, 11) is -3.03. The first-order valence-electron chi connectivity index (χ1n) is 8.18. The van der Waals surface area contributed by atoms with Crippen molar-refractivity contribution in [3.05, 3.63) is 54.1 Å². The maximum Gasteiger partial charge on any atom is 0.187 e. The second kappa shape index (κ2) is 7.21. The van der Waals surface area contributed by atoms with E-state index in [1.165, 1.54) is 12.1 Å². The van der Waals surface area contributed by atoms with Crippen LogP contribution in [-0.4, -0.2) is 55.4 Å². The summed E-state index contributed by atoms with van der Waals surface area (Å²) in [5.74, 6) is 0.282. The third kappa shape index (κ3) is 3.74. The van der Waals surface area contributed by atoms with E-state index >= 15 is 0 Å². The Kier molecular flexibility index (Phi) is 5.32. The van der Waals surface area contributed by atoms with Crippen LogP contribution in [0.5, 0.6) is 5.75 Å². The minimum Gasteiger partial charge on any atom is -0.492 e. The number of hydrogen-bond acceptors (Lipinski definition) is 6. The molecule has 2 aromatic carbocycles. The van der Waals surface area contributed by atoms with Crippen LogP contribution < -0.4 is 4.74 Å². The van der Waals surface area contributed by atoms with E-state index in [-0.39, 0.29) is 15.5 Å². The minimum atomic E-state index is -3.71. The maximum absolute atomic E-state index is 13.0. The summed E-state index contributed by atoms with van der Waals surface area (Å²) in [5.41, 5.74) is 0.439. The van der Waals surface area contributed by atoms with Crippen molar-refractivity contribution in [2.45, 2.75) is 15.0 Å². The Bertz CT molecular complexity index is 882. The van der Waals surface area contributed by atoms with Crippen molar-refractivity contribution in [1.82, 2.24) is 4.90 Å². The van der Waals surface area contributed by atoms with Gasteiger partial charge >= 0.3 is 0 Å². The Morgan fingerprint density at radius 2 is 1.85 bits per heavy atom. The zero-order valence-corrected chi connectivity index (χ0v) is 16.3. The Hall–Kier alpha value is -1.58. The molecule has 0 saturated carbocycles. The van der Waals surface area contributed by atoms with Crippen LogP contribution in [0.15, 0.2) is 58.3 Å². The van der Waals surface area contributed by atoms with Crippen molar-refractivity contribution in [2.24, 2.45) is 0 Å². The average molecular weight is 398 g/mol. The van der Waals surface area contributed by atoms with Gasteiger partial charge < -0.3 is 9.64 Å². The van der Waals surface area contributed by atoms with Gasteiger partial charge in [-0.1, -0.05) is 24.3 Å². The summed E-state index contributed by atoms with van der Waals surface area (Å²) in [4.78, 5) is 2.42.